The Kier molecular flexibility index (Phi) is 4.98. The van der Waals surface area contributed by atoms with Crippen LogP contribution in [0.5, 0.6) is 0 Å². The minimum Gasteiger partial charge on any atom is -0.299 e. The van der Waals surface area contributed by atoms with Gasteiger partial charge in [-0.15, -0.1) is 0 Å². The number of fused-ring (bicyclic) bond motifs is 1. The summed E-state index contributed by atoms with van der Waals surface area (Å²) in [6.07, 6.45) is 7.90. The molecule has 0 aromatic carbocycles. The van der Waals surface area contributed by atoms with Gasteiger partial charge >= 0.3 is 0 Å². The van der Waals surface area contributed by atoms with E-state index in [1.54, 1.807) is 0 Å². The van der Waals surface area contributed by atoms with Crippen LogP contribution >= 0.6 is 11.8 Å². The number of piperidine rings is 1. The second-order valence-corrected chi connectivity index (χ2v) is 6.25. The lowest BCUT2D eigenvalue weighted by atomic mass is 10.0. The van der Waals surface area contributed by atoms with Gasteiger partial charge in [-0.2, -0.15) is 11.8 Å². The van der Waals surface area contributed by atoms with Crippen molar-refractivity contribution in [2.24, 2.45) is 0 Å². The van der Waals surface area contributed by atoms with Crippen LogP contribution in [0, 0.1) is 0 Å². The Morgan fingerprint density at radius 1 is 1.19 bits per heavy atom. The first-order valence-corrected chi connectivity index (χ1v) is 8.17. The molecule has 0 radical (unpaired) electrons. The lowest BCUT2D eigenvalue weighted by molar-refractivity contribution is 0.127. The van der Waals surface area contributed by atoms with Crippen LogP contribution in [0.15, 0.2) is 0 Å². The summed E-state index contributed by atoms with van der Waals surface area (Å²) >= 11 is 1.98. The monoisotopic (exact) mass is 242 g/mol. The molecule has 0 aromatic heterocycles. The van der Waals surface area contributed by atoms with Crippen molar-refractivity contribution >= 4 is 11.8 Å². The third-order valence-electron chi connectivity index (χ3n) is 4.12. The van der Waals surface area contributed by atoms with E-state index in [0.717, 1.165) is 12.1 Å². The number of hydrogen-bond acceptors (Lipinski definition) is 3. The van der Waals surface area contributed by atoms with E-state index in [9.17, 15) is 0 Å². The van der Waals surface area contributed by atoms with Crippen LogP contribution in [0.1, 0.15) is 32.6 Å². The Bertz CT molecular complexity index is 210. The Hall–Kier alpha value is 0.270. The molecule has 0 amide bonds. The number of hydrogen-bond donors (Lipinski definition) is 0. The maximum Gasteiger partial charge on any atom is 0.0223 e. The molecular weight excluding hydrogens is 216 g/mol. The molecule has 2 rings (SSSR count). The van der Waals surface area contributed by atoms with E-state index < -0.39 is 0 Å². The van der Waals surface area contributed by atoms with E-state index in [1.807, 2.05) is 11.8 Å². The molecule has 2 fully saturated rings. The predicted molar refractivity (Wildman–Crippen MR) is 73.2 cm³/mol. The average Bonchev–Trinajstić information content (AvgIpc) is 2.51. The van der Waals surface area contributed by atoms with E-state index in [-0.39, 0.29) is 0 Å². The van der Waals surface area contributed by atoms with Gasteiger partial charge in [0.05, 0.1) is 0 Å². The minimum absolute atomic E-state index is 0.761. The summed E-state index contributed by atoms with van der Waals surface area (Å²) in [4.78, 5) is 5.47. The number of nitrogens with zero attached hydrogens (tertiary/aromatic N) is 2. The Labute approximate surface area is 105 Å². The highest BCUT2D eigenvalue weighted by molar-refractivity contribution is 7.98. The SMILES string of the molecule is CSCC(C)N1CCCN2CCCCC2C1. The van der Waals surface area contributed by atoms with Crippen LogP contribution in [0.3, 0.4) is 0 Å². The summed E-state index contributed by atoms with van der Waals surface area (Å²) in [6, 6.07) is 1.62. The van der Waals surface area contributed by atoms with Crippen LogP contribution in [0.25, 0.3) is 0 Å². The zero-order chi connectivity index (χ0) is 11.4. The zero-order valence-corrected chi connectivity index (χ0v) is 11.6. The fourth-order valence-corrected chi connectivity index (χ4v) is 3.84. The van der Waals surface area contributed by atoms with E-state index >= 15 is 0 Å². The Morgan fingerprint density at radius 3 is 2.81 bits per heavy atom. The van der Waals surface area contributed by atoms with Crippen molar-refractivity contribution < 1.29 is 0 Å². The smallest absolute Gasteiger partial charge is 0.0223 e. The van der Waals surface area contributed by atoms with E-state index in [1.165, 1.54) is 57.6 Å². The van der Waals surface area contributed by atoms with Crippen LogP contribution < -0.4 is 0 Å². The molecule has 0 spiro atoms. The molecule has 0 saturated carbocycles. The topological polar surface area (TPSA) is 6.48 Å². The second kappa shape index (κ2) is 6.27. The molecule has 2 aliphatic rings. The third kappa shape index (κ3) is 3.14. The van der Waals surface area contributed by atoms with E-state index in [2.05, 4.69) is 23.0 Å². The van der Waals surface area contributed by atoms with E-state index in [4.69, 9.17) is 0 Å². The van der Waals surface area contributed by atoms with Gasteiger partial charge in [0, 0.05) is 24.4 Å². The van der Waals surface area contributed by atoms with Crippen molar-refractivity contribution in [3.05, 3.63) is 0 Å². The van der Waals surface area contributed by atoms with Gasteiger partial charge in [0.2, 0.25) is 0 Å². The van der Waals surface area contributed by atoms with Crippen molar-refractivity contribution in [1.82, 2.24) is 9.80 Å². The summed E-state index contributed by atoms with van der Waals surface area (Å²) in [5.74, 6) is 1.28. The fraction of sp³-hybridized carbons (Fsp3) is 1.00. The first kappa shape index (κ1) is 12.7. The second-order valence-electron chi connectivity index (χ2n) is 5.34. The normalized spacial score (nSPS) is 30.8. The molecular formula is C13H26N2S. The highest BCUT2D eigenvalue weighted by atomic mass is 32.2. The first-order chi connectivity index (χ1) is 7.81. The molecule has 2 atom stereocenters. The maximum atomic E-state index is 2.75. The summed E-state index contributed by atoms with van der Waals surface area (Å²) < 4.78 is 0. The molecule has 2 heterocycles. The summed E-state index contributed by atoms with van der Waals surface area (Å²) in [5, 5.41) is 0. The molecule has 3 heteroatoms. The third-order valence-corrected chi connectivity index (χ3v) is 4.93. The molecule has 94 valence electrons. The number of thioether (sulfide) groups is 1. The van der Waals surface area contributed by atoms with Gasteiger partial charge in [-0.05, 0) is 52.1 Å². The van der Waals surface area contributed by atoms with Crippen molar-refractivity contribution in [1.29, 1.82) is 0 Å². The lowest BCUT2D eigenvalue weighted by Crippen LogP contribution is -2.46. The zero-order valence-electron chi connectivity index (χ0n) is 10.8. The van der Waals surface area contributed by atoms with Gasteiger partial charge in [-0.3, -0.25) is 9.80 Å². The molecule has 0 aliphatic carbocycles. The minimum atomic E-state index is 0.761. The maximum absolute atomic E-state index is 2.75. The van der Waals surface area contributed by atoms with Crippen LogP contribution in [-0.2, 0) is 0 Å². The van der Waals surface area contributed by atoms with Gasteiger partial charge in [0.1, 0.15) is 0 Å². The molecule has 0 bridgehead atoms. The predicted octanol–water partition coefficient (Wildman–Crippen LogP) is 2.30. The van der Waals surface area contributed by atoms with Crippen molar-refractivity contribution in [3.8, 4) is 0 Å². The molecule has 2 nitrogen and oxygen atoms in total. The first-order valence-electron chi connectivity index (χ1n) is 6.78. The van der Waals surface area contributed by atoms with Gasteiger partial charge in [0.15, 0.2) is 0 Å². The van der Waals surface area contributed by atoms with Gasteiger partial charge in [-0.25, -0.2) is 0 Å². The summed E-state index contributed by atoms with van der Waals surface area (Å²) in [7, 11) is 0. The highest BCUT2D eigenvalue weighted by Crippen LogP contribution is 2.22. The molecule has 0 N–H and O–H groups in total. The quantitative estimate of drug-likeness (QED) is 0.750. The molecule has 2 saturated heterocycles. The Morgan fingerprint density at radius 2 is 2.00 bits per heavy atom. The fourth-order valence-electron chi connectivity index (χ4n) is 3.15. The van der Waals surface area contributed by atoms with Gasteiger partial charge in [0.25, 0.3) is 0 Å². The molecule has 0 aromatic rings. The van der Waals surface area contributed by atoms with Crippen molar-refractivity contribution in [2.45, 2.75) is 44.7 Å². The van der Waals surface area contributed by atoms with E-state index in [0.29, 0.717) is 0 Å². The summed E-state index contributed by atoms with van der Waals surface area (Å²) in [5.41, 5.74) is 0. The highest BCUT2D eigenvalue weighted by Gasteiger charge is 2.28. The Balaban J connectivity index is 1.91. The van der Waals surface area contributed by atoms with Gasteiger partial charge in [-0.1, -0.05) is 6.42 Å². The summed E-state index contributed by atoms with van der Waals surface area (Å²) in [6.45, 7) is 7.73. The standard InChI is InChI=1S/C13H26N2S/c1-12(11-16-2)15-9-5-8-14-7-4-3-6-13(14)10-15/h12-13H,3-11H2,1-2H3. The van der Waals surface area contributed by atoms with Crippen LogP contribution in [0.2, 0.25) is 0 Å². The molecule has 2 unspecified atom stereocenters. The average molecular weight is 242 g/mol. The van der Waals surface area contributed by atoms with Crippen LogP contribution in [0.4, 0.5) is 0 Å². The number of rotatable bonds is 3. The molecule has 2 aliphatic heterocycles. The van der Waals surface area contributed by atoms with Crippen LogP contribution in [-0.4, -0.2) is 60.1 Å². The lowest BCUT2D eigenvalue weighted by Gasteiger charge is -2.36. The van der Waals surface area contributed by atoms with Crippen molar-refractivity contribution in [3.63, 3.8) is 0 Å². The largest absolute Gasteiger partial charge is 0.299 e. The van der Waals surface area contributed by atoms with Gasteiger partial charge < -0.3 is 0 Å². The molecule has 16 heavy (non-hydrogen) atoms. The van der Waals surface area contributed by atoms with Crippen molar-refractivity contribution in [2.75, 3.05) is 38.2 Å².